The lowest BCUT2D eigenvalue weighted by molar-refractivity contribution is -0.120. The summed E-state index contributed by atoms with van der Waals surface area (Å²) in [4.78, 5) is 12.3. The molecule has 2 N–H and O–H groups in total. The van der Waals surface area contributed by atoms with Crippen molar-refractivity contribution in [3.05, 3.63) is 52.8 Å². The van der Waals surface area contributed by atoms with Gasteiger partial charge in [-0.1, -0.05) is 30.3 Å². The Balaban J connectivity index is 1.99. The van der Waals surface area contributed by atoms with Crippen LogP contribution in [0.15, 0.2) is 30.3 Å². The lowest BCUT2D eigenvalue weighted by Crippen LogP contribution is -2.31. The van der Waals surface area contributed by atoms with E-state index in [9.17, 15) is 9.90 Å². The largest absolute Gasteiger partial charge is 0.393 e. The second kappa shape index (κ2) is 8.11. The molecule has 5 heteroatoms. The second-order valence-electron chi connectivity index (χ2n) is 6.45. The smallest absolute Gasteiger partial charge is 0.224 e. The highest BCUT2D eigenvalue weighted by molar-refractivity contribution is 5.79. The Morgan fingerprint density at radius 3 is 2.50 bits per heavy atom. The van der Waals surface area contributed by atoms with Crippen molar-refractivity contribution in [2.24, 2.45) is 7.05 Å². The number of amides is 1. The molecule has 0 aliphatic heterocycles. The molecular weight excluding hydrogens is 302 g/mol. The van der Waals surface area contributed by atoms with Crippen LogP contribution in [0.2, 0.25) is 0 Å². The number of nitrogens with one attached hydrogen (secondary N) is 1. The minimum Gasteiger partial charge on any atom is -0.393 e. The van der Waals surface area contributed by atoms with Gasteiger partial charge < -0.3 is 10.4 Å². The summed E-state index contributed by atoms with van der Waals surface area (Å²) in [5, 5.41) is 17.1. The number of rotatable bonds is 7. The zero-order valence-corrected chi connectivity index (χ0v) is 14.9. The van der Waals surface area contributed by atoms with Crippen LogP contribution < -0.4 is 5.32 Å². The number of aliphatic hydroxyl groups is 1. The molecule has 1 aromatic carbocycles. The predicted octanol–water partition coefficient (Wildman–Crippen LogP) is 2.25. The second-order valence-corrected chi connectivity index (χ2v) is 6.45. The summed E-state index contributed by atoms with van der Waals surface area (Å²) in [5.74, 6) is 0.0898. The number of aryl methyl sites for hydroxylation is 2. The molecule has 24 heavy (non-hydrogen) atoms. The Kier molecular flexibility index (Phi) is 6.15. The van der Waals surface area contributed by atoms with Crippen molar-refractivity contribution in [3.63, 3.8) is 0 Å². The molecule has 1 aromatic heterocycles. The van der Waals surface area contributed by atoms with E-state index in [1.54, 1.807) is 11.6 Å². The predicted molar refractivity (Wildman–Crippen MR) is 94.9 cm³/mol. The zero-order valence-electron chi connectivity index (χ0n) is 14.9. The van der Waals surface area contributed by atoms with Gasteiger partial charge in [0.1, 0.15) is 0 Å². The SMILES string of the molecule is Cc1nn(C)c(C)c1CC(=O)NCC(CC(C)O)c1ccccc1. The summed E-state index contributed by atoms with van der Waals surface area (Å²) in [6, 6.07) is 10.0. The first-order chi connectivity index (χ1) is 11.4. The summed E-state index contributed by atoms with van der Waals surface area (Å²) < 4.78 is 1.80. The van der Waals surface area contributed by atoms with Crippen LogP contribution in [-0.4, -0.2) is 33.4 Å². The van der Waals surface area contributed by atoms with Crippen molar-refractivity contribution in [3.8, 4) is 0 Å². The Morgan fingerprint density at radius 2 is 1.96 bits per heavy atom. The minimum absolute atomic E-state index is 0.0132. The third kappa shape index (κ3) is 4.68. The average Bonchev–Trinajstić information content (AvgIpc) is 2.78. The third-order valence-electron chi connectivity index (χ3n) is 4.44. The van der Waals surface area contributed by atoms with Crippen LogP contribution in [0.25, 0.3) is 0 Å². The van der Waals surface area contributed by atoms with Gasteiger partial charge in [0.2, 0.25) is 5.91 Å². The summed E-state index contributed by atoms with van der Waals surface area (Å²) in [7, 11) is 1.89. The van der Waals surface area contributed by atoms with E-state index in [2.05, 4.69) is 10.4 Å². The van der Waals surface area contributed by atoms with Gasteiger partial charge in [0.15, 0.2) is 0 Å². The van der Waals surface area contributed by atoms with Gasteiger partial charge in [0.25, 0.3) is 0 Å². The molecule has 0 radical (unpaired) electrons. The molecule has 0 spiro atoms. The fourth-order valence-electron chi connectivity index (χ4n) is 3.01. The standard InChI is InChI=1S/C19H27N3O2/c1-13(23)10-17(16-8-6-5-7-9-16)12-20-19(24)11-18-14(2)21-22(4)15(18)3/h5-9,13,17,23H,10-12H2,1-4H3,(H,20,24). The van der Waals surface area contributed by atoms with Crippen LogP contribution >= 0.6 is 0 Å². The van der Waals surface area contributed by atoms with Gasteiger partial charge in [0.05, 0.1) is 18.2 Å². The van der Waals surface area contributed by atoms with E-state index < -0.39 is 6.10 Å². The minimum atomic E-state index is -0.407. The molecule has 2 atom stereocenters. The van der Waals surface area contributed by atoms with Crippen molar-refractivity contribution in [1.82, 2.24) is 15.1 Å². The van der Waals surface area contributed by atoms with Gasteiger partial charge in [0, 0.05) is 30.8 Å². The van der Waals surface area contributed by atoms with Crippen molar-refractivity contribution in [1.29, 1.82) is 0 Å². The van der Waals surface area contributed by atoms with Crippen molar-refractivity contribution < 1.29 is 9.90 Å². The quantitative estimate of drug-likeness (QED) is 0.819. The molecule has 130 valence electrons. The van der Waals surface area contributed by atoms with Gasteiger partial charge in [-0.2, -0.15) is 5.10 Å². The third-order valence-corrected chi connectivity index (χ3v) is 4.44. The summed E-state index contributed by atoms with van der Waals surface area (Å²) in [6.07, 6.45) is 0.548. The lowest BCUT2D eigenvalue weighted by atomic mass is 9.93. The molecule has 1 heterocycles. The molecule has 2 unspecified atom stereocenters. The molecule has 2 aromatic rings. The van der Waals surface area contributed by atoms with E-state index in [4.69, 9.17) is 0 Å². The molecule has 5 nitrogen and oxygen atoms in total. The lowest BCUT2D eigenvalue weighted by Gasteiger charge is -2.19. The molecule has 0 saturated heterocycles. The Hall–Kier alpha value is -2.14. The molecule has 0 fully saturated rings. The maximum Gasteiger partial charge on any atom is 0.224 e. The average molecular weight is 329 g/mol. The van der Waals surface area contributed by atoms with Crippen LogP contribution in [0.1, 0.15) is 41.8 Å². The van der Waals surface area contributed by atoms with Crippen molar-refractivity contribution in [2.45, 2.75) is 45.6 Å². The molecule has 0 aliphatic carbocycles. The first kappa shape index (κ1) is 18.2. The first-order valence-electron chi connectivity index (χ1n) is 8.37. The molecule has 0 saturated carbocycles. The number of aromatic nitrogens is 2. The number of benzene rings is 1. The van der Waals surface area contributed by atoms with E-state index in [-0.39, 0.29) is 11.8 Å². The number of hydrogen-bond donors (Lipinski definition) is 2. The maximum absolute atomic E-state index is 12.3. The summed E-state index contributed by atoms with van der Waals surface area (Å²) in [5.41, 5.74) is 4.04. The molecule has 0 bridgehead atoms. The Morgan fingerprint density at radius 1 is 1.29 bits per heavy atom. The van der Waals surface area contributed by atoms with Crippen LogP contribution in [-0.2, 0) is 18.3 Å². The Bertz CT molecular complexity index is 677. The van der Waals surface area contributed by atoms with Gasteiger partial charge in [-0.15, -0.1) is 0 Å². The first-order valence-corrected chi connectivity index (χ1v) is 8.37. The van der Waals surface area contributed by atoms with Crippen LogP contribution in [0, 0.1) is 13.8 Å². The number of carbonyl (C=O) groups is 1. The summed E-state index contributed by atoms with van der Waals surface area (Å²) in [6.45, 7) is 6.20. The van der Waals surface area contributed by atoms with Crippen molar-refractivity contribution in [2.75, 3.05) is 6.54 Å². The monoisotopic (exact) mass is 329 g/mol. The topological polar surface area (TPSA) is 67.2 Å². The van der Waals surface area contributed by atoms with Gasteiger partial charge >= 0.3 is 0 Å². The van der Waals surface area contributed by atoms with E-state index >= 15 is 0 Å². The maximum atomic E-state index is 12.3. The highest BCUT2D eigenvalue weighted by Gasteiger charge is 2.17. The summed E-state index contributed by atoms with van der Waals surface area (Å²) >= 11 is 0. The van der Waals surface area contributed by atoms with Gasteiger partial charge in [-0.25, -0.2) is 0 Å². The number of aliphatic hydroxyl groups excluding tert-OH is 1. The molecule has 1 amide bonds. The normalized spacial score (nSPS) is 13.5. The van der Waals surface area contributed by atoms with Gasteiger partial charge in [-0.05, 0) is 32.8 Å². The van der Waals surface area contributed by atoms with E-state index in [1.807, 2.05) is 51.2 Å². The van der Waals surface area contributed by atoms with Crippen LogP contribution in [0.4, 0.5) is 0 Å². The zero-order chi connectivity index (χ0) is 17.7. The fraction of sp³-hybridized carbons (Fsp3) is 0.474. The van der Waals surface area contributed by atoms with E-state index in [0.29, 0.717) is 19.4 Å². The highest BCUT2D eigenvalue weighted by Crippen LogP contribution is 2.20. The van der Waals surface area contributed by atoms with E-state index in [0.717, 1.165) is 22.5 Å². The molecular formula is C19H27N3O2. The molecule has 0 aliphatic rings. The Labute approximate surface area is 143 Å². The number of hydrogen-bond acceptors (Lipinski definition) is 3. The van der Waals surface area contributed by atoms with Crippen LogP contribution in [0.3, 0.4) is 0 Å². The number of nitrogens with zero attached hydrogens (tertiary/aromatic N) is 2. The van der Waals surface area contributed by atoms with E-state index in [1.165, 1.54) is 0 Å². The van der Waals surface area contributed by atoms with Crippen LogP contribution in [0.5, 0.6) is 0 Å². The fourth-order valence-corrected chi connectivity index (χ4v) is 3.01. The van der Waals surface area contributed by atoms with Gasteiger partial charge in [-0.3, -0.25) is 9.48 Å². The molecule has 2 rings (SSSR count). The highest BCUT2D eigenvalue weighted by atomic mass is 16.3. The number of carbonyl (C=O) groups excluding carboxylic acids is 1. The van der Waals surface area contributed by atoms with Crippen molar-refractivity contribution >= 4 is 5.91 Å².